The van der Waals surface area contributed by atoms with Crippen molar-refractivity contribution >= 4 is 29.2 Å². The van der Waals surface area contributed by atoms with Gasteiger partial charge in [0.15, 0.2) is 6.61 Å². The number of ether oxygens (including phenoxy) is 1. The maximum absolute atomic E-state index is 12.9. The Morgan fingerprint density at radius 3 is 2.22 bits per heavy atom. The molecule has 1 fully saturated rings. The van der Waals surface area contributed by atoms with Crippen molar-refractivity contribution in [3.63, 3.8) is 0 Å². The van der Waals surface area contributed by atoms with Crippen LogP contribution in [0.1, 0.15) is 42.4 Å². The van der Waals surface area contributed by atoms with Gasteiger partial charge in [-0.3, -0.25) is 9.59 Å². The Morgan fingerprint density at radius 2 is 1.63 bits per heavy atom. The van der Waals surface area contributed by atoms with Crippen LogP contribution in [0.3, 0.4) is 0 Å². The highest BCUT2D eigenvalue weighted by Gasteiger charge is 2.44. The van der Waals surface area contributed by atoms with Crippen molar-refractivity contribution in [3.8, 4) is 0 Å². The molecule has 27 heavy (non-hydrogen) atoms. The first-order valence-corrected chi connectivity index (χ1v) is 9.59. The molecule has 0 atom stereocenters. The molecule has 1 saturated carbocycles. The van der Waals surface area contributed by atoms with Gasteiger partial charge in [-0.1, -0.05) is 54.8 Å². The summed E-state index contributed by atoms with van der Waals surface area (Å²) in [5.74, 6) is -0.663. The van der Waals surface area contributed by atoms with E-state index in [0.717, 1.165) is 48.1 Å². The average Bonchev–Trinajstić information content (AvgIpc) is 3.14. The Labute approximate surface area is 164 Å². The highest BCUT2D eigenvalue weighted by molar-refractivity contribution is 6.30. The average molecular weight is 386 g/mol. The Kier molecular flexibility index (Phi) is 5.85. The molecule has 1 aliphatic rings. The first kappa shape index (κ1) is 19.4. The van der Waals surface area contributed by atoms with Crippen LogP contribution >= 0.6 is 11.6 Å². The second-order valence-corrected chi connectivity index (χ2v) is 7.62. The summed E-state index contributed by atoms with van der Waals surface area (Å²) in [6, 6.07) is 13.1. The molecule has 0 heterocycles. The van der Waals surface area contributed by atoms with Crippen molar-refractivity contribution < 1.29 is 14.3 Å². The molecule has 3 rings (SSSR count). The van der Waals surface area contributed by atoms with Crippen molar-refractivity contribution in [2.45, 2.75) is 44.9 Å². The lowest BCUT2D eigenvalue weighted by Gasteiger charge is -2.27. The zero-order valence-electron chi connectivity index (χ0n) is 15.7. The fourth-order valence-electron chi connectivity index (χ4n) is 3.81. The normalized spacial score (nSPS) is 15.4. The smallest absolute Gasteiger partial charge is 0.317 e. The highest BCUT2D eigenvalue weighted by atomic mass is 35.5. The molecular weight excluding hydrogens is 362 g/mol. The number of halogens is 1. The van der Waals surface area contributed by atoms with E-state index in [1.807, 2.05) is 44.2 Å². The van der Waals surface area contributed by atoms with Crippen LogP contribution in [0.15, 0.2) is 42.5 Å². The lowest BCUT2D eigenvalue weighted by Crippen LogP contribution is -2.36. The fourth-order valence-corrected chi connectivity index (χ4v) is 3.94. The van der Waals surface area contributed by atoms with Gasteiger partial charge < -0.3 is 10.1 Å². The summed E-state index contributed by atoms with van der Waals surface area (Å²) in [5, 5.41) is 3.48. The van der Waals surface area contributed by atoms with Gasteiger partial charge in [0.1, 0.15) is 0 Å². The molecule has 1 amide bonds. The molecule has 1 N–H and O–H groups in total. The van der Waals surface area contributed by atoms with Gasteiger partial charge in [0, 0.05) is 10.7 Å². The van der Waals surface area contributed by atoms with Crippen LogP contribution in [-0.4, -0.2) is 18.5 Å². The molecule has 1 aliphatic carbocycles. The summed E-state index contributed by atoms with van der Waals surface area (Å²) in [7, 11) is 0. The molecule has 5 heteroatoms. The van der Waals surface area contributed by atoms with Crippen molar-refractivity contribution in [2.75, 3.05) is 11.9 Å². The molecule has 2 aromatic rings. The fraction of sp³-hybridized carbons (Fsp3) is 0.364. The third kappa shape index (κ3) is 4.16. The zero-order chi connectivity index (χ0) is 19.4. The number of carbonyl (C=O) groups is 2. The van der Waals surface area contributed by atoms with E-state index in [0.29, 0.717) is 5.02 Å². The summed E-state index contributed by atoms with van der Waals surface area (Å²) in [4.78, 5) is 25.2. The molecule has 0 bridgehead atoms. The van der Waals surface area contributed by atoms with Crippen molar-refractivity contribution in [1.82, 2.24) is 0 Å². The minimum atomic E-state index is -0.677. The molecule has 4 nitrogen and oxygen atoms in total. The third-order valence-corrected chi connectivity index (χ3v) is 5.58. The zero-order valence-corrected chi connectivity index (χ0v) is 16.4. The Hall–Kier alpha value is -2.33. The van der Waals surface area contributed by atoms with Gasteiger partial charge in [0.2, 0.25) is 0 Å². The summed E-state index contributed by atoms with van der Waals surface area (Å²) >= 11 is 5.98. The Balaban J connectivity index is 1.68. The number of aryl methyl sites for hydroxylation is 2. The van der Waals surface area contributed by atoms with E-state index in [-0.39, 0.29) is 18.5 Å². The lowest BCUT2D eigenvalue weighted by atomic mass is 9.79. The van der Waals surface area contributed by atoms with Gasteiger partial charge >= 0.3 is 5.97 Å². The maximum Gasteiger partial charge on any atom is 0.317 e. The first-order chi connectivity index (χ1) is 12.9. The maximum atomic E-state index is 12.9. The quantitative estimate of drug-likeness (QED) is 0.741. The van der Waals surface area contributed by atoms with E-state index in [4.69, 9.17) is 16.3 Å². The summed E-state index contributed by atoms with van der Waals surface area (Å²) in [5.41, 5.74) is 2.95. The highest BCUT2D eigenvalue weighted by Crippen LogP contribution is 2.42. The molecule has 0 saturated heterocycles. The second kappa shape index (κ2) is 8.13. The third-order valence-electron chi connectivity index (χ3n) is 5.32. The van der Waals surface area contributed by atoms with E-state index >= 15 is 0 Å². The van der Waals surface area contributed by atoms with Gasteiger partial charge in [-0.2, -0.15) is 0 Å². The summed E-state index contributed by atoms with van der Waals surface area (Å²) in [6.07, 6.45) is 3.39. The van der Waals surface area contributed by atoms with Gasteiger partial charge in [0.25, 0.3) is 5.91 Å². The number of amides is 1. The number of carbonyl (C=O) groups excluding carboxylic acids is 2. The predicted molar refractivity (Wildman–Crippen MR) is 107 cm³/mol. The lowest BCUT2D eigenvalue weighted by molar-refractivity contribution is -0.153. The van der Waals surface area contributed by atoms with Crippen LogP contribution in [-0.2, 0) is 19.7 Å². The van der Waals surface area contributed by atoms with Crippen molar-refractivity contribution in [3.05, 3.63) is 64.2 Å². The van der Waals surface area contributed by atoms with Gasteiger partial charge in [-0.05, 0) is 55.5 Å². The van der Waals surface area contributed by atoms with Gasteiger partial charge in [0.05, 0.1) is 5.41 Å². The molecule has 0 unspecified atom stereocenters. The minimum Gasteiger partial charge on any atom is -0.455 e. The van der Waals surface area contributed by atoms with E-state index in [2.05, 4.69) is 5.32 Å². The van der Waals surface area contributed by atoms with Crippen molar-refractivity contribution in [2.24, 2.45) is 0 Å². The standard InChI is InChI=1S/C22H24ClNO3/c1-15-6-5-7-16(2)20(15)24-19(25)14-27-21(26)22(12-3-4-13-22)17-8-10-18(23)11-9-17/h5-11H,3-4,12-14H2,1-2H3,(H,24,25). The van der Waals surface area contributed by atoms with Gasteiger partial charge in [-0.15, -0.1) is 0 Å². The van der Waals surface area contributed by atoms with Crippen LogP contribution < -0.4 is 5.32 Å². The SMILES string of the molecule is Cc1cccc(C)c1NC(=O)COC(=O)C1(c2ccc(Cl)cc2)CCCC1. The van der Waals surface area contributed by atoms with Crippen LogP contribution in [0.2, 0.25) is 5.02 Å². The number of para-hydroxylation sites is 1. The van der Waals surface area contributed by atoms with E-state index < -0.39 is 5.41 Å². The number of rotatable bonds is 5. The first-order valence-electron chi connectivity index (χ1n) is 9.22. The molecule has 0 radical (unpaired) electrons. The van der Waals surface area contributed by atoms with Crippen molar-refractivity contribution in [1.29, 1.82) is 0 Å². The minimum absolute atomic E-state index is 0.290. The predicted octanol–water partition coefficient (Wildman–Crippen LogP) is 4.95. The summed E-state index contributed by atoms with van der Waals surface area (Å²) < 4.78 is 5.44. The Bertz CT molecular complexity index is 819. The van der Waals surface area contributed by atoms with E-state index in [1.165, 1.54) is 0 Å². The van der Waals surface area contributed by atoms with E-state index in [1.54, 1.807) is 12.1 Å². The topological polar surface area (TPSA) is 55.4 Å². The second-order valence-electron chi connectivity index (χ2n) is 7.19. The van der Waals surface area contributed by atoms with E-state index in [9.17, 15) is 9.59 Å². The molecule has 0 aromatic heterocycles. The Morgan fingerprint density at radius 1 is 1.04 bits per heavy atom. The van der Waals surface area contributed by atoms with Crippen LogP contribution in [0.4, 0.5) is 5.69 Å². The molecule has 0 spiro atoms. The monoisotopic (exact) mass is 385 g/mol. The molecular formula is C22H24ClNO3. The summed E-state index contributed by atoms with van der Waals surface area (Å²) in [6.45, 7) is 3.58. The van der Waals surface area contributed by atoms with Crippen LogP contribution in [0.25, 0.3) is 0 Å². The molecule has 142 valence electrons. The molecule has 2 aromatic carbocycles. The number of esters is 1. The van der Waals surface area contributed by atoms with Crippen LogP contribution in [0.5, 0.6) is 0 Å². The number of hydrogen-bond acceptors (Lipinski definition) is 3. The number of nitrogens with one attached hydrogen (secondary N) is 1. The number of hydrogen-bond donors (Lipinski definition) is 1. The largest absolute Gasteiger partial charge is 0.455 e. The van der Waals surface area contributed by atoms with Crippen LogP contribution in [0, 0.1) is 13.8 Å². The number of benzene rings is 2. The van der Waals surface area contributed by atoms with Gasteiger partial charge in [-0.25, -0.2) is 0 Å². The number of anilines is 1. The molecule has 0 aliphatic heterocycles.